The van der Waals surface area contributed by atoms with Gasteiger partial charge in [-0.1, -0.05) is 5.57 Å². The van der Waals surface area contributed by atoms with Gasteiger partial charge in [0.15, 0.2) is 0 Å². The molecule has 0 aliphatic heterocycles. The number of aromatic nitrogens is 2. The molecule has 19 heavy (non-hydrogen) atoms. The number of rotatable bonds is 1. The summed E-state index contributed by atoms with van der Waals surface area (Å²) in [7, 11) is 0. The number of thiophene rings is 1. The van der Waals surface area contributed by atoms with Gasteiger partial charge in [0, 0.05) is 16.1 Å². The summed E-state index contributed by atoms with van der Waals surface area (Å²) >= 11 is 1.50. The number of nitriles is 1. The average Bonchev–Trinajstić information content (AvgIpc) is 2.88. The average molecular weight is 270 g/mol. The number of anilines is 1. The van der Waals surface area contributed by atoms with Crippen molar-refractivity contribution in [2.75, 3.05) is 5.73 Å². The highest BCUT2D eigenvalue weighted by Gasteiger charge is 2.27. The van der Waals surface area contributed by atoms with Gasteiger partial charge in [-0.2, -0.15) is 10.4 Å². The molecule has 2 aromatic rings. The van der Waals surface area contributed by atoms with Crippen molar-refractivity contribution in [2.45, 2.75) is 26.7 Å². The molecule has 0 unspecified atom stereocenters. The molecule has 0 bridgehead atoms. The predicted octanol–water partition coefficient (Wildman–Crippen LogP) is 3.11. The second kappa shape index (κ2) is 4.25. The van der Waals surface area contributed by atoms with E-state index in [9.17, 15) is 5.26 Å². The van der Waals surface area contributed by atoms with Crippen LogP contribution in [0.15, 0.2) is 5.57 Å². The summed E-state index contributed by atoms with van der Waals surface area (Å²) in [5.41, 5.74) is 12.1. The van der Waals surface area contributed by atoms with E-state index in [1.807, 2.05) is 13.8 Å². The van der Waals surface area contributed by atoms with E-state index in [0.717, 1.165) is 40.2 Å². The summed E-state index contributed by atoms with van der Waals surface area (Å²) in [4.78, 5) is 1.11. The quantitative estimate of drug-likeness (QED) is 0.835. The minimum Gasteiger partial charge on any atom is -0.389 e. The number of nitrogens with one attached hydrogen (secondary N) is 1. The monoisotopic (exact) mass is 270 g/mol. The molecule has 0 saturated heterocycles. The first-order valence-electron chi connectivity index (χ1n) is 6.15. The molecule has 1 aliphatic carbocycles. The maximum atomic E-state index is 9.22. The number of nitrogens with two attached hydrogens (primary N) is 1. The largest absolute Gasteiger partial charge is 0.389 e. The predicted molar refractivity (Wildman–Crippen MR) is 77.8 cm³/mol. The van der Waals surface area contributed by atoms with Crippen LogP contribution < -0.4 is 5.73 Å². The Balaban J connectivity index is 2.26. The Kier molecular flexibility index (Phi) is 2.68. The number of allylic oxidation sites excluding steroid dienone is 1. The van der Waals surface area contributed by atoms with Gasteiger partial charge in [0.2, 0.25) is 0 Å². The minimum atomic E-state index is 0.615. The third-order valence-electron chi connectivity index (χ3n) is 3.29. The number of H-pyrrole nitrogens is 1. The van der Waals surface area contributed by atoms with Crippen LogP contribution >= 0.6 is 11.3 Å². The highest BCUT2D eigenvalue weighted by Crippen LogP contribution is 2.44. The van der Waals surface area contributed by atoms with Gasteiger partial charge in [0.05, 0.1) is 11.3 Å². The van der Waals surface area contributed by atoms with Gasteiger partial charge in [-0.3, -0.25) is 5.10 Å². The fourth-order valence-corrected chi connectivity index (χ4v) is 3.65. The number of aromatic amines is 1. The highest BCUT2D eigenvalue weighted by molar-refractivity contribution is 7.19. The smallest absolute Gasteiger partial charge is 0.105 e. The van der Waals surface area contributed by atoms with E-state index in [2.05, 4.69) is 22.3 Å². The molecule has 0 amide bonds. The maximum Gasteiger partial charge on any atom is 0.105 e. The molecule has 0 spiro atoms. The molecule has 5 heteroatoms. The Morgan fingerprint density at radius 2 is 2.26 bits per heavy atom. The van der Waals surface area contributed by atoms with Crippen LogP contribution in [0.5, 0.6) is 0 Å². The van der Waals surface area contributed by atoms with E-state index in [-0.39, 0.29) is 0 Å². The first kappa shape index (κ1) is 12.0. The summed E-state index contributed by atoms with van der Waals surface area (Å²) in [6, 6.07) is 2.23. The lowest BCUT2D eigenvalue weighted by atomic mass is 9.92. The van der Waals surface area contributed by atoms with Crippen molar-refractivity contribution in [1.29, 1.82) is 5.26 Å². The van der Waals surface area contributed by atoms with Crippen molar-refractivity contribution in [2.24, 2.45) is 0 Å². The zero-order chi connectivity index (χ0) is 13.6. The SMILES string of the molecule is CC(C)=Cc1n[nH]c2c1-c1sc(N)c(C#N)c1CC2. The number of hydrogen-bond donors (Lipinski definition) is 2. The molecule has 4 nitrogen and oxygen atoms in total. The third kappa shape index (κ3) is 1.76. The number of fused-ring (bicyclic) bond motifs is 3. The van der Waals surface area contributed by atoms with Crippen LogP contribution in [0.2, 0.25) is 0 Å². The van der Waals surface area contributed by atoms with Gasteiger partial charge in [-0.15, -0.1) is 11.3 Å². The fraction of sp³-hybridized carbons (Fsp3) is 0.286. The highest BCUT2D eigenvalue weighted by atomic mass is 32.1. The summed E-state index contributed by atoms with van der Waals surface area (Å²) in [6.07, 6.45) is 3.80. The molecule has 2 heterocycles. The van der Waals surface area contributed by atoms with Gasteiger partial charge in [-0.25, -0.2) is 0 Å². The Hall–Kier alpha value is -2.06. The summed E-state index contributed by atoms with van der Waals surface area (Å²) in [6.45, 7) is 4.10. The van der Waals surface area contributed by atoms with Crippen molar-refractivity contribution in [1.82, 2.24) is 10.2 Å². The van der Waals surface area contributed by atoms with E-state index in [0.29, 0.717) is 10.6 Å². The van der Waals surface area contributed by atoms with Crippen LogP contribution in [0.25, 0.3) is 16.5 Å². The Bertz CT molecular complexity index is 723. The maximum absolute atomic E-state index is 9.22. The molecule has 3 N–H and O–H groups in total. The zero-order valence-corrected chi connectivity index (χ0v) is 11.7. The van der Waals surface area contributed by atoms with Crippen LogP contribution in [0.4, 0.5) is 5.00 Å². The molecule has 3 rings (SSSR count). The molecular formula is C14H14N4S. The van der Waals surface area contributed by atoms with Gasteiger partial charge >= 0.3 is 0 Å². The van der Waals surface area contributed by atoms with Crippen molar-refractivity contribution in [3.63, 3.8) is 0 Å². The molecule has 0 atom stereocenters. The second-order valence-corrected chi connectivity index (χ2v) is 6.00. The molecular weight excluding hydrogens is 256 g/mol. The summed E-state index contributed by atoms with van der Waals surface area (Å²) in [5.74, 6) is 0. The number of aryl methyl sites for hydroxylation is 1. The molecule has 0 fully saturated rings. The first-order valence-corrected chi connectivity index (χ1v) is 6.97. The molecule has 96 valence electrons. The topological polar surface area (TPSA) is 78.5 Å². The lowest BCUT2D eigenvalue weighted by Crippen LogP contribution is -2.02. The van der Waals surface area contributed by atoms with Gasteiger partial charge in [0.25, 0.3) is 0 Å². The van der Waals surface area contributed by atoms with Crippen molar-refractivity contribution >= 4 is 22.4 Å². The molecule has 2 aromatic heterocycles. The molecule has 0 saturated carbocycles. The second-order valence-electron chi connectivity index (χ2n) is 4.94. The van der Waals surface area contributed by atoms with E-state index >= 15 is 0 Å². The van der Waals surface area contributed by atoms with Crippen LogP contribution in [0.1, 0.15) is 36.4 Å². The van der Waals surface area contributed by atoms with E-state index < -0.39 is 0 Å². The van der Waals surface area contributed by atoms with E-state index in [1.165, 1.54) is 16.9 Å². The van der Waals surface area contributed by atoms with E-state index in [4.69, 9.17) is 5.73 Å². The van der Waals surface area contributed by atoms with Gasteiger partial charge in [-0.05, 0) is 38.3 Å². The Morgan fingerprint density at radius 1 is 1.47 bits per heavy atom. The lowest BCUT2D eigenvalue weighted by molar-refractivity contribution is 0.884. The fourth-order valence-electron chi connectivity index (χ4n) is 2.50. The molecule has 1 aliphatic rings. The standard InChI is InChI=1S/C14H14N4S/c1-7(2)5-11-12-10(17-18-11)4-3-8-9(6-15)14(16)19-13(8)12/h5H,3-4,16H2,1-2H3,(H,17,18). The first-order chi connectivity index (χ1) is 9.11. The lowest BCUT2D eigenvalue weighted by Gasteiger charge is -2.12. The Labute approximate surface area is 115 Å². The van der Waals surface area contributed by atoms with E-state index in [1.54, 1.807) is 0 Å². The number of nitrogen functional groups attached to an aromatic ring is 1. The minimum absolute atomic E-state index is 0.615. The van der Waals surface area contributed by atoms with Crippen LogP contribution in [-0.4, -0.2) is 10.2 Å². The number of nitrogens with zero attached hydrogens (tertiary/aromatic N) is 2. The van der Waals surface area contributed by atoms with Crippen molar-refractivity contribution in [3.05, 3.63) is 28.1 Å². The number of hydrogen-bond acceptors (Lipinski definition) is 4. The van der Waals surface area contributed by atoms with Crippen LogP contribution in [0.3, 0.4) is 0 Å². The van der Waals surface area contributed by atoms with Gasteiger partial charge < -0.3 is 5.73 Å². The van der Waals surface area contributed by atoms with Crippen molar-refractivity contribution < 1.29 is 0 Å². The summed E-state index contributed by atoms with van der Waals surface area (Å²) < 4.78 is 0. The molecule has 0 aromatic carbocycles. The Morgan fingerprint density at radius 3 is 2.95 bits per heavy atom. The molecule has 0 radical (unpaired) electrons. The summed E-state index contributed by atoms with van der Waals surface area (Å²) in [5, 5.41) is 17.3. The van der Waals surface area contributed by atoms with Crippen molar-refractivity contribution in [3.8, 4) is 16.5 Å². The van der Waals surface area contributed by atoms with Crippen LogP contribution in [0, 0.1) is 11.3 Å². The van der Waals surface area contributed by atoms with Gasteiger partial charge in [0.1, 0.15) is 11.1 Å². The normalized spacial score (nSPS) is 12.5. The third-order valence-corrected chi connectivity index (χ3v) is 4.37. The zero-order valence-electron chi connectivity index (χ0n) is 10.9. The van der Waals surface area contributed by atoms with Crippen LogP contribution in [-0.2, 0) is 12.8 Å².